The average molecular weight is 694 g/mol. The number of nitrogens with zero attached hydrogens (tertiary/aromatic N) is 8. The predicted octanol–water partition coefficient (Wildman–Crippen LogP) is 0.991. The molecule has 4 aromatic heterocycles. The van der Waals surface area contributed by atoms with Crippen molar-refractivity contribution in [1.82, 2.24) is 39.0 Å². The Morgan fingerprint density at radius 1 is 0.841 bits per heavy atom. The number of ether oxygens (including phenoxy) is 2. The smallest absolute Gasteiger partial charge is 0.325 e. The summed E-state index contributed by atoms with van der Waals surface area (Å²) in [6, 6.07) is 0. The highest BCUT2D eigenvalue weighted by Gasteiger charge is 2.53. The molecule has 0 aliphatic carbocycles. The number of fused-ring (bicyclic) bond motifs is 4. The van der Waals surface area contributed by atoms with E-state index in [0.717, 1.165) is 12.7 Å². The fourth-order valence-electron chi connectivity index (χ4n) is 5.16. The fourth-order valence-corrected chi connectivity index (χ4v) is 8.02. The highest BCUT2D eigenvalue weighted by Crippen LogP contribution is 2.55. The van der Waals surface area contributed by atoms with Crippen LogP contribution >= 0.6 is 13.5 Å². The summed E-state index contributed by atoms with van der Waals surface area (Å²) >= 11 is 10.2. The Balaban J connectivity index is 1.17. The molecule has 0 saturated carbocycles. The van der Waals surface area contributed by atoms with Gasteiger partial charge in [0, 0.05) is 0 Å². The van der Waals surface area contributed by atoms with Gasteiger partial charge in [-0.05, 0) is 11.8 Å². The van der Waals surface area contributed by atoms with Crippen LogP contribution in [0.4, 0.5) is 20.4 Å². The van der Waals surface area contributed by atoms with E-state index in [1.54, 1.807) is 0 Å². The van der Waals surface area contributed by atoms with Gasteiger partial charge in [-0.15, -0.1) is 0 Å². The first-order chi connectivity index (χ1) is 20.9. The van der Waals surface area contributed by atoms with Crippen LogP contribution in [0.5, 0.6) is 0 Å². The van der Waals surface area contributed by atoms with Crippen molar-refractivity contribution in [3.63, 3.8) is 0 Å². The van der Waals surface area contributed by atoms with E-state index in [1.807, 2.05) is 0 Å². The summed E-state index contributed by atoms with van der Waals surface area (Å²) in [6.45, 7) is -10.0. The molecule has 18 nitrogen and oxygen atoms in total. The monoisotopic (exact) mass is 693 g/mol. The summed E-state index contributed by atoms with van der Waals surface area (Å²) < 4.78 is 81.1. The third kappa shape index (κ3) is 5.26. The Morgan fingerprint density at radius 2 is 1.32 bits per heavy atom. The molecule has 0 bridgehead atoms. The Labute approximate surface area is 255 Å². The lowest BCUT2D eigenvalue weighted by Gasteiger charge is -2.33. The van der Waals surface area contributed by atoms with Crippen LogP contribution in [0.3, 0.4) is 0 Å². The molecule has 4 aromatic rings. The van der Waals surface area contributed by atoms with Gasteiger partial charge in [0.15, 0.2) is 54.5 Å². The van der Waals surface area contributed by atoms with E-state index in [-0.39, 0.29) is 34.0 Å². The number of aromatic nitrogens is 8. The Kier molecular flexibility index (Phi) is 7.61. The van der Waals surface area contributed by atoms with Gasteiger partial charge in [-0.2, -0.15) is 0 Å². The van der Waals surface area contributed by atoms with E-state index in [2.05, 4.69) is 29.9 Å². The number of hydrogen-bond acceptors (Lipinski definition) is 17. The zero-order chi connectivity index (χ0) is 31.0. The van der Waals surface area contributed by atoms with Crippen LogP contribution in [0.25, 0.3) is 22.3 Å². The number of imidazole rings is 2. The van der Waals surface area contributed by atoms with Crippen LogP contribution in [0.1, 0.15) is 12.5 Å². The van der Waals surface area contributed by atoms with Crippen LogP contribution < -0.4 is 11.5 Å². The van der Waals surface area contributed by atoms with E-state index in [9.17, 15) is 9.46 Å². The van der Waals surface area contributed by atoms with Crippen molar-refractivity contribution in [3.8, 4) is 0 Å². The van der Waals surface area contributed by atoms with Crippen molar-refractivity contribution in [1.29, 1.82) is 0 Å². The Hall–Kier alpha value is -2.49. The standard InChI is InChI=1S/C20H22F2N10O8P2S2/c21-9-13-7(37-19(9)31-5-29-11-15(23)25-3-27-17(11)31)1-35-41(33,43)40-14-8(2-36-42(34,44)39-13)38-20(10(14)22)32-6-30-12-16(24)26-4-28-18(12)32/h3-10,13-14,19-20H,1-2H2,(H,33,43)(H,34,44)(H2,23,25,27)(H2,24,26,28)/p-1/t7-,8-,9+,10+,13-,14-,19-,20-,41?,42?/m1/s1. The number of anilines is 2. The normalized spacial score (nSPS) is 38.3. The molecule has 236 valence electrons. The van der Waals surface area contributed by atoms with Crippen LogP contribution in [0, 0.1) is 0 Å². The van der Waals surface area contributed by atoms with Gasteiger partial charge < -0.3 is 51.7 Å². The second-order valence-electron chi connectivity index (χ2n) is 9.83. The maximum Gasteiger partial charge on any atom is 0.325 e. The van der Waals surface area contributed by atoms with Crippen molar-refractivity contribution in [2.75, 3.05) is 24.7 Å². The highest BCUT2D eigenvalue weighted by molar-refractivity contribution is 8.32. The zero-order valence-corrected chi connectivity index (χ0v) is 25.3. The molecular weight excluding hydrogens is 672 g/mol. The van der Waals surface area contributed by atoms with E-state index >= 15 is 8.78 Å². The molecule has 0 amide bonds. The maximum atomic E-state index is 16.0. The summed E-state index contributed by atoms with van der Waals surface area (Å²) in [7, 11) is 0. The van der Waals surface area contributed by atoms with Crippen molar-refractivity contribution >= 4 is 71.5 Å². The van der Waals surface area contributed by atoms with E-state index < -0.39 is 75.9 Å². The number of rotatable bonds is 2. The average Bonchev–Trinajstić information content (AvgIpc) is 3.73. The van der Waals surface area contributed by atoms with Gasteiger partial charge in [-0.25, -0.2) is 38.7 Å². The Morgan fingerprint density at radius 3 is 1.84 bits per heavy atom. The molecule has 10 atom stereocenters. The number of halogens is 2. The summed E-state index contributed by atoms with van der Waals surface area (Å²) in [5.41, 5.74) is 12.3. The minimum atomic E-state index is -4.49. The zero-order valence-electron chi connectivity index (χ0n) is 21.8. The molecule has 0 spiro atoms. The van der Waals surface area contributed by atoms with Gasteiger partial charge in [-0.3, -0.25) is 18.2 Å². The second kappa shape index (κ2) is 11.1. The largest absolute Gasteiger partial charge is 0.660 e. The topological polar surface area (TPSA) is 232 Å². The lowest BCUT2D eigenvalue weighted by Crippen LogP contribution is -2.37. The first-order valence-electron chi connectivity index (χ1n) is 12.7. The molecule has 44 heavy (non-hydrogen) atoms. The number of hydrogen-bond donors (Lipinski definition) is 3. The lowest BCUT2D eigenvalue weighted by atomic mass is 10.1. The maximum absolute atomic E-state index is 16.0. The Bertz CT molecular complexity index is 1710. The molecule has 0 radical (unpaired) electrons. The molecular formula is C20H21F2N10O8P2S2-. The third-order valence-electron chi connectivity index (χ3n) is 7.16. The third-order valence-corrected chi connectivity index (χ3v) is 10.3. The summed E-state index contributed by atoms with van der Waals surface area (Å²) in [4.78, 5) is 35.0. The highest BCUT2D eigenvalue weighted by atomic mass is 32.7. The lowest BCUT2D eigenvalue weighted by molar-refractivity contribution is -0.0564. The van der Waals surface area contributed by atoms with Gasteiger partial charge in [-0.1, -0.05) is 0 Å². The van der Waals surface area contributed by atoms with E-state index in [4.69, 9.17) is 63.1 Å². The van der Waals surface area contributed by atoms with E-state index in [1.165, 1.54) is 21.8 Å². The van der Waals surface area contributed by atoms with Gasteiger partial charge in [0.05, 0.1) is 25.9 Å². The number of nitrogen functional groups attached to an aromatic ring is 2. The van der Waals surface area contributed by atoms with Crippen LogP contribution in [0.2, 0.25) is 0 Å². The minimum Gasteiger partial charge on any atom is -0.660 e. The number of alkyl halides is 2. The fraction of sp³-hybridized carbons (Fsp3) is 0.500. The van der Waals surface area contributed by atoms with Crippen molar-refractivity contribution in [2.24, 2.45) is 0 Å². The second-order valence-corrected chi connectivity index (χ2v) is 15.3. The van der Waals surface area contributed by atoms with Crippen molar-refractivity contribution in [2.45, 2.75) is 49.2 Å². The first-order valence-corrected chi connectivity index (χ1v) is 17.8. The molecule has 3 aliphatic heterocycles. The molecule has 24 heteroatoms. The van der Waals surface area contributed by atoms with Crippen molar-refractivity contribution < 1.29 is 45.8 Å². The summed E-state index contributed by atoms with van der Waals surface area (Å²) in [5.74, 6) is 0.103. The quantitative estimate of drug-likeness (QED) is 0.196. The SMILES string of the molecule is Nc1ncnc2c1ncn2[C@@H]1O[C@@H]2COP(O)(=S)O[C@H]3[C@H](F)[C@H](n4cnc5c(N)ncnc54)O[C@@H]3COP(=O)([S-])O[C@H]2[C@@H]1F. The molecule has 7 heterocycles. The molecule has 3 aliphatic rings. The van der Waals surface area contributed by atoms with Gasteiger partial charge in [0.1, 0.15) is 48.1 Å². The predicted molar refractivity (Wildman–Crippen MR) is 150 cm³/mol. The van der Waals surface area contributed by atoms with Gasteiger partial charge in [0.25, 0.3) is 0 Å². The molecule has 2 unspecified atom stereocenters. The van der Waals surface area contributed by atoms with Crippen molar-refractivity contribution in [3.05, 3.63) is 25.3 Å². The van der Waals surface area contributed by atoms with Crippen LogP contribution in [-0.4, -0.2) is 93.9 Å². The number of nitrogens with two attached hydrogens (primary N) is 2. The molecule has 3 saturated heterocycles. The summed E-state index contributed by atoms with van der Waals surface area (Å²) in [5, 5.41) is 0. The minimum absolute atomic E-state index is 0.0506. The first kappa shape index (κ1) is 30.2. The van der Waals surface area contributed by atoms with Gasteiger partial charge in [0.2, 0.25) is 0 Å². The van der Waals surface area contributed by atoms with Crippen LogP contribution in [0.15, 0.2) is 25.3 Å². The molecule has 0 aromatic carbocycles. The van der Waals surface area contributed by atoms with Crippen LogP contribution in [-0.2, 0) is 56.2 Å². The molecule has 5 N–H and O–H groups in total. The van der Waals surface area contributed by atoms with Gasteiger partial charge >= 0.3 is 6.72 Å². The molecule has 3 fully saturated rings. The van der Waals surface area contributed by atoms with E-state index in [0.29, 0.717) is 0 Å². The molecule has 7 rings (SSSR count). The summed E-state index contributed by atoms with van der Waals surface area (Å²) in [6.07, 6.45) is -8.08.